The number of ether oxygens (including phenoxy) is 2. The molecule has 1 aromatic carbocycles. The normalized spacial score (nSPS) is 12.2. The summed E-state index contributed by atoms with van der Waals surface area (Å²) in [5.74, 6) is -1.73. The lowest BCUT2D eigenvalue weighted by Gasteiger charge is -2.36. The summed E-state index contributed by atoms with van der Waals surface area (Å²) in [6.07, 6.45) is 2.88. The molecule has 0 radical (unpaired) electrons. The van der Waals surface area contributed by atoms with E-state index in [4.69, 9.17) is 25.2 Å². The van der Waals surface area contributed by atoms with E-state index in [0.29, 0.717) is 24.7 Å². The van der Waals surface area contributed by atoms with Gasteiger partial charge in [-0.25, -0.2) is 19.4 Å². The second kappa shape index (κ2) is 16.2. The van der Waals surface area contributed by atoms with E-state index < -0.39 is 32.4 Å². The number of hydrogen-bond acceptors (Lipinski definition) is 10. The van der Waals surface area contributed by atoms with E-state index >= 15 is 0 Å². The highest BCUT2D eigenvalue weighted by atomic mass is 32.1. The average Bonchev–Trinajstić information content (AvgIpc) is 3.42. The molecule has 0 spiro atoms. The van der Waals surface area contributed by atoms with E-state index in [9.17, 15) is 14.4 Å². The number of alkyl carbamates (subject to hydrolysis) is 1. The second-order valence-electron chi connectivity index (χ2n) is 11.0. The van der Waals surface area contributed by atoms with Gasteiger partial charge in [-0.1, -0.05) is 63.0 Å². The Morgan fingerprint density at radius 1 is 1.15 bits per heavy atom. The van der Waals surface area contributed by atoms with Gasteiger partial charge in [-0.15, -0.1) is 11.3 Å². The van der Waals surface area contributed by atoms with E-state index in [1.54, 1.807) is 0 Å². The van der Waals surface area contributed by atoms with Gasteiger partial charge in [-0.2, -0.15) is 0 Å². The summed E-state index contributed by atoms with van der Waals surface area (Å²) in [4.78, 5) is 43.7. The molecule has 2 rings (SSSR count). The van der Waals surface area contributed by atoms with Crippen LogP contribution in [-0.2, 0) is 25.2 Å². The number of nitrogens with zero attached hydrogens (tertiary/aromatic N) is 4. The molecule has 0 aliphatic rings. The average molecular weight is 605 g/mol. The number of azide groups is 1. The standard InChI is InChI=1S/C27H40N6O6SSi/c1-27(2,3)41(4,5)38-17-21(28)24(34)39-25(35)22-18-40-23(32-22)20-12-10-19(11-13-20)16-30-26(36)37-15-9-7-6-8-14-31-33-29/h10-13,18,21H,6-9,14-17,28H2,1-5H3,(H,30,36)/t21-/m0/s1. The molecule has 12 nitrogen and oxygen atoms in total. The number of esters is 2. The molecule has 0 fully saturated rings. The molecule has 0 saturated carbocycles. The molecule has 0 aliphatic heterocycles. The number of carbonyl (C=O) groups is 3. The molecule has 0 aliphatic carbocycles. The molecule has 3 N–H and O–H groups in total. The van der Waals surface area contributed by atoms with E-state index in [1.807, 2.05) is 37.4 Å². The highest BCUT2D eigenvalue weighted by Crippen LogP contribution is 2.36. The smallest absolute Gasteiger partial charge is 0.407 e. The van der Waals surface area contributed by atoms with Gasteiger partial charge >= 0.3 is 18.0 Å². The minimum absolute atomic E-state index is 0.0139. The largest absolute Gasteiger partial charge is 0.450 e. The predicted molar refractivity (Wildman–Crippen MR) is 160 cm³/mol. The van der Waals surface area contributed by atoms with E-state index in [2.05, 4.69) is 41.1 Å². The predicted octanol–water partition coefficient (Wildman–Crippen LogP) is 5.94. The Hall–Kier alpha value is -3.29. The first-order chi connectivity index (χ1) is 19.3. The Bertz CT molecular complexity index is 1210. The fourth-order valence-corrected chi connectivity index (χ4v) is 4.96. The minimum atomic E-state index is -2.10. The Morgan fingerprint density at radius 2 is 1.83 bits per heavy atom. The monoisotopic (exact) mass is 604 g/mol. The molecule has 224 valence electrons. The van der Waals surface area contributed by atoms with Gasteiger partial charge in [0.25, 0.3) is 0 Å². The number of thiazole rings is 1. The third-order valence-corrected chi connectivity index (χ3v) is 12.1. The zero-order chi connectivity index (χ0) is 30.5. The van der Waals surface area contributed by atoms with Crippen molar-refractivity contribution >= 4 is 37.7 Å². The number of unbranched alkanes of at least 4 members (excludes halogenated alkanes) is 3. The van der Waals surface area contributed by atoms with Gasteiger partial charge < -0.3 is 25.0 Å². The van der Waals surface area contributed by atoms with Crippen molar-refractivity contribution in [2.45, 2.75) is 77.2 Å². The lowest BCUT2D eigenvalue weighted by atomic mass is 10.1. The van der Waals surface area contributed by atoms with Gasteiger partial charge in [-0.05, 0) is 42.1 Å². The third-order valence-electron chi connectivity index (χ3n) is 6.73. The number of amides is 1. The van der Waals surface area contributed by atoms with E-state index in [-0.39, 0.29) is 17.3 Å². The van der Waals surface area contributed by atoms with E-state index in [1.165, 1.54) is 16.7 Å². The van der Waals surface area contributed by atoms with Crippen molar-refractivity contribution < 1.29 is 28.3 Å². The molecule has 1 aromatic heterocycles. The SMILES string of the molecule is CC(C)(C)[Si](C)(C)OC[C@H](N)C(=O)OC(=O)c1csc(-c2ccc(CNC(=O)OCCCCCCN=[N+]=[N-])cc2)n1. The van der Waals surface area contributed by atoms with Crippen LogP contribution in [0.2, 0.25) is 18.1 Å². The van der Waals surface area contributed by atoms with Gasteiger partial charge in [0.1, 0.15) is 11.0 Å². The lowest BCUT2D eigenvalue weighted by molar-refractivity contribution is -0.140. The molecule has 1 amide bonds. The van der Waals surface area contributed by atoms with Crippen molar-refractivity contribution in [1.82, 2.24) is 10.3 Å². The van der Waals surface area contributed by atoms with Gasteiger partial charge in [0, 0.05) is 28.9 Å². The quantitative estimate of drug-likeness (QED) is 0.0477. The number of carbonyl (C=O) groups excluding carboxylic acids is 3. The molecule has 1 atom stereocenters. The molecule has 0 bridgehead atoms. The first kappa shape index (κ1) is 33.9. The van der Waals surface area contributed by atoms with Crippen molar-refractivity contribution in [3.05, 3.63) is 51.3 Å². The van der Waals surface area contributed by atoms with Gasteiger partial charge in [0.05, 0.1) is 13.2 Å². The number of aromatic nitrogens is 1. The van der Waals surface area contributed by atoms with Crippen LogP contribution in [-0.4, -0.2) is 57.1 Å². The molecule has 0 unspecified atom stereocenters. The second-order valence-corrected chi connectivity index (χ2v) is 16.6. The van der Waals surface area contributed by atoms with Crippen LogP contribution in [0.3, 0.4) is 0 Å². The Labute approximate surface area is 245 Å². The Balaban J connectivity index is 1.77. The van der Waals surface area contributed by atoms with Gasteiger partial charge in [0.2, 0.25) is 0 Å². The third kappa shape index (κ3) is 11.6. The van der Waals surface area contributed by atoms with Crippen molar-refractivity contribution in [3.8, 4) is 10.6 Å². The fourth-order valence-electron chi connectivity index (χ4n) is 3.14. The van der Waals surface area contributed by atoms with Gasteiger partial charge in [0.15, 0.2) is 14.0 Å². The summed E-state index contributed by atoms with van der Waals surface area (Å²) in [6.45, 7) is 11.4. The topological polar surface area (TPSA) is 179 Å². The summed E-state index contributed by atoms with van der Waals surface area (Å²) in [5, 5.41) is 8.25. The summed E-state index contributed by atoms with van der Waals surface area (Å²) in [7, 11) is -2.10. The molecule has 1 heterocycles. The number of rotatable bonds is 15. The van der Waals surface area contributed by atoms with Crippen LogP contribution in [0.4, 0.5) is 4.79 Å². The zero-order valence-corrected chi connectivity index (χ0v) is 26.2. The molecule has 41 heavy (non-hydrogen) atoms. The number of hydrogen-bond donors (Lipinski definition) is 2. The summed E-state index contributed by atoms with van der Waals surface area (Å²) in [6, 6.07) is 6.25. The summed E-state index contributed by atoms with van der Waals surface area (Å²) >= 11 is 1.24. The molecular weight excluding hydrogens is 564 g/mol. The molecular formula is C27H40N6O6SSi. The van der Waals surface area contributed by atoms with Crippen LogP contribution in [0.25, 0.3) is 21.0 Å². The van der Waals surface area contributed by atoms with Crippen LogP contribution in [0.1, 0.15) is 62.5 Å². The first-order valence-electron chi connectivity index (χ1n) is 13.5. The number of benzene rings is 1. The van der Waals surface area contributed by atoms with Crippen molar-refractivity contribution in [1.29, 1.82) is 0 Å². The highest BCUT2D eigenvalue weighted by molar-refractivity contribution is 7.13. The maximum absolute atomic E-state index is 12.5. The number of nitrogens with one attached hydrogen (secondary N) is 1. The maximum Gasteiger partial charge on any atom is 0.407 e. The fraction of sp³-hybridized carbons (Fsp3) is 0.556. The van der Waals surface area contributed by atoms with Crippen molar-refractivity contribution in [2.75, 3.05) is 19.8 Å². The number of nitrogens with two attached hydrogens (primary N) is 1. The first-order valence-corrected chi connectivity index (χ1v) is 17.2. The Kier molecular flexibility index (Phi) is 13.4. The zero-order valence-electron chi connectivity index (χ0n) is 24.3. The van der Waals surface area contributed by atoms with Crippen LogP contribution >= 0.6 is 11.3 Å². The van der Waals surface area contributed by atoms with Crippen LogP contribution in [0.5, 0.6) is 0 Å². The van der Waals surface area contributed by atoms with Crippen molar-refractivity contribution in [2.24, 2.45) is 10.8 Å². The molecule has 2 aromatic rings. The highest BCUT2D eigenvalue weighted by Gasteiger charge is 2.38. The summed E-state index contributed by atoms with van der Waals surface area (Å²) in [5.41, 5.74) is 15.8. The minimum Gasteiger partial charge on any atom is -0.450 e. The summed E-state index contributed by atoms with van der Waals surface area (Å²) < 4.78 is 16.1. The van der Waals surface area contributed by atoms with E-state index in [0.717, 1.165) is 36.8 Å². The van der Waals surface area contributed by atoms with Crippen LogP contribution in [0.15, 0.2) is 34.8 Å². The van der Waals surface area contributed by atoms with Gasteiger partial charge in [-0.3, -0.25) is 0 Å². The lowest BCUT2D eigenvalue weighted by Crippen LogP contribution is -2.46. The molecule has 14 heteroatoms. The van der Waals surface area contributed by atoms with Crippen LogP contribution < -0.4 is 11.1 Å². The van der Waals surface area contributed by atoms with Crippen molar-refractivity contribution in [3.63, 3.8) is 0 Å². The van der Waals surface area contributed by atoms with Crippen LogP contribution in [0, 0.1) is 0 Å². The maximum atomic E-state index is 12.5. The Morgan fingerprint density at radius 3 is 2.49 bits per heavy atom. The molecule has 0 saturated heterocycles.